The van der Waals surface area contributed by atoms with Crippen LogP contribution in [0.3, 0.4) is 0 Å². The fraction of sp³-hybridized carbons (Fsp3) is 0.294. The van der Waals surface area contributed by atoms with E-state index in [4.69, 9.17) is 0 Å². The lowest BCUT2D eigenvalue weighted by atomic mass is 10.2. The first kappa shape index (κ1) is 14.6. The largest absolute Gasteiger partial charge is 0.350 e. The lowest BCUT2D eigenvalue weighted by Gasteiger charge is -2.07. The van der Waals surface area contributed by atoms with Gasteiger partial charge in [0.2, 0.25) is 5.95 Å². The quantitative estimate of drug-likeness (QED) is 0.625. The van der Waals surface area contributed by atoms with Crippen LogP contribution in [0, 0.1) is 6.92 Å². The average molecular weight is 321 g/mol. The van der Waals surface area contributed by atoms with Crippen molar-refractivity contribution >= 4 is 22.6 Å². The summed E-state index contributed by atoms with van der Waals surface area (Å²) >= 11 is 0. The van der Waals surface area contributed by atoms with Crippen molar-refractivity contribution in [2.24, 2.45) is 0 Å². The number of anilines is 1. The van der Waals surface area contributed by atoms with Gasteiger partial charge in [0.1, 0.15) is 0 Å². The van der Waals surface area contributed by atoms with Gasteiger partial charge in [-0.1, -0.05) is 0 Å². The maximum Gasteiger partial charge on any atom is 0.229 e. The van der Waals surface area contributed by atoms with Crippen molar-refractivity contribution in [2.75, 3.05) is 5.32 Å². The summed E-state index contributed by atoms with van der Waals surface area (Å²) in [4.78, 5) is 4.55. The van der Waals surface area contributed by atoms with Crippen LogP contribution in [-0.2, 0) is 6.54 Å². The molecule has 4 aromatic heterocycles. The van der Waals surface area contributed by atoms with Gasteiger partial charge in [0.15, 0.2) is 11.3 Å². The van der Waals surface area contributed by atoms with Crippen molar-refractivity contribution in [2.45, 2.75) is 33.4 Å². The first-order valence-electron chi connectivity index (χ1n) is 7.99. The van der Waals surface area contributed by atoms with Gasteiger partial charge in [-0.05, 0) is 50.1 Å². The monoisotopic (exact) mass is 321 g/mol. The van der Waals surface area contributed by atoms with E-state index in [1.807, 2.05) is 46.7 Å². The maximum absolute atomic E-state index is 4.55. The van der Waals surface area contributed by atoms with Crippen LogP contribution in [0.1, 0.15) is 31.0 Å². The van der Waals surface area contributed by atoms with Gasteiger partial charge in [-0.2, -0.15) is 5.10 Å². The molecule has 1 N–H and O–H groups in total. The minimum Gasteiger partial charge on any atom is -0.350 e. The molecule has 0 bridgehead atoms. The molecule has 0 saturated heterocycles. The van der Waals surface area contributed by atoms with Crippen LogP contribution in [0.2, 0.25) is 0 Å². The Morgan fingerprint density at radius 3 is 2.88 bits per heavy atom. The molecule has 0 spiro atoms. The molecule has 24 heavy (non-hydrogen) atoms. The van der Waals surface area contributed by atoms with Gasteiger partial charge in [0.05, 0.1) is 6.20 Å². The molecule has 4 heterocycles. The molecule has 0 aromatic carbocycles. The number of rotatable bonds is 4. The van der Waals surface area contributed by atoms with Crippen molar-refractivity contribution in [1.82, 2.24) is 29.4 Å². The van der Waals surface area contributed by atoms with E-state index in [9.17, 15) is 0 Å². The minimum absolute atomic E-state index is 0.296. The third kappa shape index (κ3) is 2.47. The van der Waals surface area contributed by atoms with E-state index in [1.54, 1.807) is 0 Å². The Hall–Kier alpha value is -2.96. The number of pyridine rings is 2. The van der Waals surface area contributed by atoms with Gasteiger partial charge < -0.3 is 5.32 Å². The second-order valence-corrected chi connectivity index (χ2v) is 6.25. The topological polar surface area (TPSA) is 72.9 Å². The van der Waals surface area contributed by atoms with Crippen molar-refractivity contribution < 1.29 is 0 Å². The molecule has 7 heteroatoms. The highest BCUT2D eigenvalue weighted by molar-refractivity contribution is 5.75. The summed E-state index contributed by atoms with van der Waals surface area (Å²) in [6, 6.07) is 6.45. The Bertz CT molecular complexity index is 1010. The second-order valence-electron chi connectivity index (χ2n) is 6.25. The highest BCUT2D eigenvalue weighted by Gasteiger charge is 2.09. The normalized spacial score (nSPS) is 11.7. The van der Waals surface area contributed by atoms with Crippen molar-refractivity contribution in [3.8, 4) is 0 Å². The van der Waals surface area contributed by atoms with Crippen molar-refractivity contribution in [1.29, 1.82) is 0 Å². The van der Waals surface area contributed by atoms with Crippen molar-refractivity contribution in [3.63, 3.8) is 0 Å². The second kappa shape index (κ2) is 5.59. The molecular formula is C17H19N7. The standard InChI is InChI=1S/C17H19N7/c1-11(2)24-16-14(10-20-24)7-13(8-18-16)9-19-17-22-21-15-6-12(3)4-5-23(15)17/h4-8,10-11H,9H2,1-3H3,(H,19,22). The van der Waals surface area contributed by atoms with E-state index in [2.05, 4.69) is 45.5 Å². The molecule has 0 aliphatic heterocycles. The Balaban J connectivity index is 1.57. The van der Waals surface area contributed by atoms with Crippen LogP contribution in [-0.4, -0.2) is 29.4 Å². The Kier molecular flexibility index (Phi) is 3.41. The van der Waals surface area contributed by atoms with Gasteiger partial charge in [0, 0.05) is 30.4 Å². The number of nitrogens with zero attached hydrogens (tertiary/aromatic N) is 6. The Morgan fingerprint density at radius 2 is 2.04 bits per heavy atom. The van der Waals surface area contributed by atoms with Crippen molar-refractivity contribution in [3.05, 3.63) is 47.9 Å². The lowest BCUT2D eigenvalue weighted by Crippen LogP contribution is -2.05. The van der Waals surface area contributed by atoms with Crippen LogP contribution in [0.4, 0.5) is 5.95 Å². The predicted molar refractivity (Wildman–Crippen MR) is 93.0 cm³/mol. The smallest absolute Gasteiger partial charge is 0.229 e. The molecule has 0 amide bonds. The number of hydrogen-bond donors (Lipinski definition) is 1. The zero-order chi connectivity index (χ0) is 16.7. The summed E-state index contributed by atoms with van der Waals surface area (Å²) in [6.45, 7) is 6.87. The molecule has 0 fully saturated rings. The molecule has 0 radical (unpaired) electrons. The molecule has 0 aliphatic rings. The zero-order valence-electron chi connectivity index (χ0n) is 13.9. The molecular weight excluding hydrogens is 302 g/mol. The molecule has 4 aromatic rings. The number of aromatic nitrogens is 6. The summed E-state index contributed by atoms with van der Waals surface area (Å²) in [5, 5.41) is 17.2. The van der Waals surface area contributed by atoms with Crippen LogP contribution >= 0.6 is 0 Å². The molecule has 0 saturated carbocycles. The third-order valence-corrected chi connectivity index (χ3v) is 4.00. The number of nitrogens with one attached hydrogen (secondary N) is 1. The minimum atomic E-state index is 0.296. The fourth-order valence-electron chi connectivity index (χ4n) is 2.75. The Labute approximate surface area is 139 Å². The van der Waals surface area contributed by atoms with Gasteiger partial charge in [0.25, 0.3) is 0 Å². The SMILES string of the molecule is Cc1ccn2c(NCc3cnc4c(cnn4C(C)C)c3)nnc2c1. The summed E-state index contributed by atoms with van der Waals surface area (Å²) < 4.78 is 3.87. The molecule has 0 atom stereocenters. The van der Waals surface area contributed by atoms with E-state index in [1.165, 1.54) is 5.56 Å². The molecule has 7 nitrogen and oxygen atoms in total. The molecule has 4 rings (SSSR count). The zero-order valence-corrected chi connectivity index (χ0v) is 13.9. The molecule has 0 aliphatic carbocycles. The predicted octanol–water partition coefficient (Wildman–Crippen LogP) is 2.98. The van der Waals surface area contributed by atoms with Crippen LogP contribution in [0.5, 0.6) is 0 Å². The fourth-order valence-corrected chi connectivity index (χ4v) is 2.75. The lowest BCUT2D eigenvalue weighted by molar-refractivity contribution is 0.546. The number of hydrogen-bond acceptors (Lipinski definition) is 5. The van der Waals surface area contributed by atoms with E-state index in [-0.39, 0.29) is 0 Å². The van der Waals surface area contributed by atoms with E-state index >= 15 is 0 Å². The summed E-state index contributed by atoms with van der Waals surface area (Å²) in [5.41, 5.74) is 3.99. The van der Waals surface area contributed by atoms with Crippen LogP contribution in [0.25, 0.3) is 16.7 Å². The first-order chi connectivity index (χ1) is 11.6. The maximum atomic E-state index is 4.55. The summed E-state index contributed by atoms with van der Waals surface area (Å²) in [5.74, 6) is 0.725. The van der Waals surface area contributed by atoms with Gasteiger partial charge in [-0.25, -0.2) is 9.67 Å². The summed E-state index contributed by atoms with van der Waals surface area (Å²) in [6.07, 6.45) is 5.71. The van der Waals surface area contributed by atoms with Gasteiger partial charge >= 0.3 is 0 Å². The molecule has 122 valence electrons. The van der Waals surface area contributed by atoms with E-state index < -0.39 is 0 Å². The third-order valence-electron chi connectivity index (χ3n) is 4.00. The number of fused-ring (bicyclic) bond motifs is 2. The number of aryl methyl sites for hydroxylation is 1. The molecule has 0 unspecified atom stereocenters. The van der Waals surface area contributed by atoms with Gasteiger partial charge in [-0.15, -0.1) is 10.2 Å². The van der Waals surface area contributed by atoms with Gasteiger partial charge in [-0.3, -0.25) is 4.40 Å². The van der Waals surface area contributed by atoms with E-state index in [0.717, 1.165) is 28.2 Å². The Morgan fingerprint density at radius 1 is 1.17 bits per heavy atom. The van der Waals surface area contributed by atoms with Crippen LogP contribution in [0.15, 0.2) is 36.8 Å². The van der Waals surface area contributed by atoms with E-state index in [0.29, 0.717) is 12.6 Å². The average Bonchev–Trinajstić information content (AvgIpc) is 3.15. The highest BCUT2D eigenvalue weighted by atomic mass is 15.3. The summed E-state index contributed by atoms with van der Waals surface area (Å²) in [7, 11) is 0. The van der Waals surface area contributed by atoms with Crippen LogP contribution < -0.4 is 5.32 Å². The first-order valence-corrected chi connectivity index (χ1v) is 7.99. The highest BCUT2D eigenvalue weighted by Crippen LogP contribution is 2.17.